The van der Waals surface area contributed by atoms with Crippen LogP contribution in [0.4, 0.5) is 5.69 Å². The maximum absolute atomic E-state index is 12.6. The van der Waals surface area contributed by atoms with Crippen molar-refractivity contribution in [2.45, 2.75) is 0 Å². The first-order valence-corrected chi connectivity index (χ1v) is 9.77. The minimum atomic E-state index is -0.843. The predicted molar refractivity (Wildman–Crippen MR) is 123 cm³/mol. The molecule has 0 aliphatic heterocycles. The highest BCUT2D eigenvalue weighted by molar-refractivity contribution is 6.47. The molecule has 2 N–H and O–H groups in total. The van der Waals surface area contributed by atoms with Crippen molar-refractivity contribution in [3.8, 4) is 5.75 Å². The molecule has 6 heteroatoms. The molecule has 0 fully saturated rings. The third-order valence-corrected chi connectivity index (χ3v) is 4.63. The van der Waals surface area contributed by atoms with Crippen LogP contribution in [0.2, 0.25) is 5.02 Å². The molecule has 0 heterocycles. The van der Waals surface area contributed by atoms with E-state index in [2.05, 4.69) is 5.32 Å². The number of halogens is 1. The van der Waals surface area contributed by atoms with Gasteiger partial charge in [-0.05, 0) is 42.0 Å². The molecule has 31 heavy (non-hydrogen) atoms. The monoisotopic (exact) mass is 433 g/mol. The van der Waals surface area contributed by atoms with Crippen molar-refractivity contribution in [2.75, 3.05) is 12.4 Å². The Morgan fingerprint density at radius 3 is 2.06 bits per heavy atom. The number of anilines is 1. The van der Waals surface area contributed by atoms with Crippen LogP contribution in [-0.2, 0) is 9.59 Å². The summed E-state index contributed by atoms with van der Waals surface area (Å²) in [6.45, 7) is 0. The van der Waals surface area contributed by atoms with E-state index < -0.39 is 11.6 Å². The Hall–Kier alpha value is -3.83. The first-order valence-electron chi connectivity index (χ1n) is 9.39. The smallest absolute Gasteiger partial charge is 0.229 e. The molecule has 0 aliphatic carbocycles. The highest BCUT2D eigenvalue weighted by Crippen LogP contribution is 2.23. The average molecular weight is 434 g/mol. The molecule has 156 valence electrons. The zero-order valence-electron chi connectivity index (χ0n) is 16.7. The van der Waals surface area contributed by atoms with Crippen LogP contribution in [0.25, 0.3) is 11.5 Å². The van der Waals surface area contributed by atoms with Gasteiger partial charge in [0.05, 0.1) is 7.11 Å². The van der Waals surface area contributed by atoms with Gasteiger partial charge in [-0.25, -0.2) is 0 Å². The number of ketones is 2. The molecule has 0 radical (unpaired) electrons. The summed E-state index contributed by atoms with van der Waals surface area (Å²) in [5.74, 6) is -1.21. The van der Waals surface area contributed by atoms with Gasteiger partial charge >= 0.3 is 0 Å². The molecule has 0 spiro atoms. The van der Waals surface area contributed by atoms with Crippen LogP contribution < -0.4 is 10.1 Å². The zero-order chi connectivity index (χ0) is 22.2. The summed E-state index contributed by atoms with van der Waals surface area (Å²) in [6.07, 6.45) is 2.12. The van der Waals surface area contributed by atoms with Crippen LogP contribution in [0.15, 0.2) is 91.0 Å². The lowest BCUT2D eigenvalue weighted by atomic mass is 10.1. The lowest BCUT2D eigenvalue weighted by Gasteiger charge is -2.12. The van der Waals surface area contributed by atoms with E-state index in [0.717, 1.165) is 6.08 Å². The maximum Gasteiger partial charge on any atom is 0.229 e. The van der Waals surface area contributed by atoms with Crippen molar-refractivity contribution in [1.29, 1.82) is 0 Å². The van der Waals surface area contributed by atoms with Gasteiger partial charge in [0.1, 0.15) is 11.5 Å². The van der Waals surface area contributed by atoms with Gasteiger partial charge in [0.2, 0.25) is 11.6 Å². The lowest BCUT2D eigenvalue weighted by molar-refractivity contribution is -0.130. The number of aliphatic hydroxyl groups is 1. The summed E-state index contributed by atoms with van der Waals surface area (Å²) in [5.41, 5.74) is 2.22. The quantitative estimate of drug-likeness (QED) is 0.277. The predicted octanol–water partition coefficient (Wildman–Crippen LogP) is 5.54. The number of ether oxygens (including phenoxy) is 1. The van der Waals surface area contributed by atoms with Crippen LogP contribution in [0.3, 0.4) is 0 Å². The summed E-state index contributed by atoms with van der Waals surface area (Å²) in [5, 5.41) is 13.8. The largest absolute Gasteiger partial charge is 0.507 e. The Labute approximate surface area is 185 Å². The molecular formula is C25H20ClNO4. The second kappa shape index (κ2) is 10.3. The number of aliphatic hydroxyl groups excluding tert-OH is 1. The van der Waals surface area contributed by atoms with Gasteiger partial charge in [-0.3, -0.25) is 9.59 Å². The second-order valence-electron chi connectivity index (χ2n) is 6.54. The van der Waals surface area contributed by atoms with Gasteiger partial charge in [-0.1, -0.05) is 54.1 Å². The van der Waals surface area contributed by atoms with Crippen molar-refractivity contribution in [1.82, 2.24) is 0 Å². The number of benzene rings is 3. The molecule has 0 aliphatic rings. The molecule has 0 atom stereocenters. The average Bonchev–Trinajstić information content (AvgIpc) is 2.80. The molecular weight excluding hydrogens is 414 g/mol. The van der Waals surface area contributed by atoms with Crippen LogP contribution in [0, 0.1) is 0 Å². The van der Waals surface area contributed by atoms with Crippen molar-refractivity contribution >= 4 is 40.3 Å². The molecule has 3 aromatic carbocycles. The molecule has 0 bridgehead atoms. The fraction of sp³-hybridized carbons (Fsp3) is 0.0400. The van der Waals surface area contributed by atoms with Gasteiger partial charge in [0.25, 0.3) is 0 Å². The van der Waals surface area contributed by atoms with E-state index in [0.29, 0.717) is 33.3 Å². The van der Waals surface area contributed by atoms with Crippen molar-refractivity contribution in [3.05, 3.63) is 107 Å². The summed E-state index contributed by atoms with van der Waals surface area (Å²) in [4.78, 5) is 25.0. The first-order chi connectivity index (χ1) is 15.0. The Bertz CT molecular complexity index is 1120. The van der Waals surface area contributed by atoms with Crippen molar-refractivity contribution in [3.63, 3.8) is 0 Å². The number of hydrogen-bond acceptors (Lipinski definition) is 5. The summed E-state index contributed by atoms with van der Waals surface area (Å²) < 4.78 is 5.16. The Morgan fingerprint density at radius 1 is 0.839 bits per heavy atom. The molecule has 3 aromatic rings. The highest BCUT2D eigenvalue weighted by atomic mass is 35.5. The molecule has 0 unspecified atom stereocenters. The van der Waals surface area contributed by atoms with E-state index in [1.807, 2.05) is 0 Å². The fourth-order valence-electron chi connectivity index (χ4n) is 2.74. The van der Waals surface area contributed by atoms with Crippen LogP contribution in [0.5, 0.6) is 5.75 Å². The number of rotatable bonds is 8. The van der Waals surface area contributed by atoms with Crippen LogP contribution >= 0.6 is 11.6 Å². The minimum Gasteiger partial charge on any atom is -0.507 e. The number of hydrogen-bond donors (Lipinski definition) is 2. The van der Waals surface area contributed by atoms with E-state index in [9.17, 15) is 14.7 Å². The Morgan fingerprint density at radius 2 is 1.45 bits per heavy atom. The summed E-state index contributed by atoms with van der Waals surface area (Å²) in [7, 11) is 1.57. The molecule has 0 aromatic heterocycles. The molecule has 3 rings (SSSR count). The zero-order valence-corrected chi connectivity index (χ0v) is 17.5. The maximum atomic E-state index is 12.6. The topological polar surface area (TPSA) is 75.6 Å². The number of carbonyl (C=O) groups excluding carboxylic acids is 2. The third kappa shape index (κ3) is 6.07. The van der Waals surface area contributed by atoms with Gasteiger partial charge < -0.3 is 15.2 Å². The molecule has 5 nitrogen and oxygen atoms in total. The first kappa shape index (κ1) is 21.9. The molecule has 0 saturated heterocycles. The highest BCUT2D eigenvalue weighted by Gasteiger charge is 2.14. The van der Waals surface area contributed by atoms with E-state index >= 15 is 0 Å². The third-order valence-electron chi connectivity index (χ3n) is 4.38. The Balaban J connectivity index is 1.88. The van der Waals surface area contributed by atoms with E-state index in [1.165, 1.54) is 6.08 Å². The Kier molecular flexibility index (Phi) is 7.25. The summed E-state index contributed by atoms with van der Waals surface area (Å²) in [6, 6.07) is 22.5. The van der Waals surface area contributed by atoms with Crippen LogP contribution in [0.1, 0.15) is 11.1 Å². The van der Waals surface area contributed by atoms with Crippen molar-refractivity contribution < 1.29 is 19.4 Å². The van der Waals surface area contributed by atoms with Crippen molar-refractivity contribution in [2.24, 2.45) is 0 Å². The van der Waals surface area contributed by atoms with E-state index in [1.54, 1.807) is 86.0 Å². The summed E-state index contributed by atoms with van der Waals surface area (Å²) >= 11 is 5.97. The standard InChI is InChI=1S/C25H20ClNO4/c1-31-21-13-11-20(12-14-21)27-22(17-7-9-19(26)10-8-17)15-24(29)25(30)16-23(28)18-5-3-2-4-6-18/h2-16,27-28H,1H3/b22-15+,23-16?. The number of carbonyl (C=O) groups is 2. The van der Waals surface area contributed by atoms with E-state index in [4.69, 9.17) is 16.3 Å². The number of methoxy groups -OCH3 is 1. The minimum absolute atomic E-state index is 0.275. The molecule has 0 amide bonds. The van der Waals surface area contributed by atoms with Gasteiger partial charge in [0, 0.05) is 34.1 Å². The van der Waals surface area contributed by atoms with Gasteiger partial charge in [-0.15, -0.1) is 0 Å². The SMILES string of the molecule is COc1ccc(N/C(=C/C(=O)C(=O)C=C(O)c2ccccc2)c2ccc(Cl)cc2)cc1. The lowest BCUT2D eigenvalue weighted by Crippen LogP contribution is -2.11. The van der Waals surface area contributed by atoms with E-state index in [-0.39, 0.29) is 5.76 Å². The van der Waals surface area contributed by atoms with Gasteiger partial charge in [0.15, 0.2) is 0 Å². The van der Waals surface area contributed by atoms with Crippen LogP contribution in [-0.4, -0.2) is 23.8 Å². The van der Waals surface area contributed by atoms with Gasteiger partial charge in [-0.2, -0.15) is 0 Å². The number of nitrogens with one attached hydrogen (secondary N) is 1. The molecule has 0 saturated carbocycles. The number of allylic oxidation sites excluding steroid dienone is 2. The fourth-order valence-corrected chi connectivity index (χ4v) is 2.87. The second-order valence-corrected chi connectivity index (χ2v) is 6.98. The normalized spacial score (nSPS) is 11.7.